The summed E-state index contributed by atoms with van der Waals surface area (Å²) in [6.07, 6.45) is 2.82. The maximum atomic E-state index is 12.6. The maximum Gasteiger partial charge on any atom is 0.319 e. The molecule has 2 aromatic carbocycles. The molecule has 0 bridgehead atoms. The molecule has 3 atom stereocenters. The Balaban J connectivity index is 0.00000306. The Labute approximate surface area is 190 Å². The van der Waals surface area contributed by atoms with E-state index in [0.29, 0.717) is 17.2 Å². The van der Waals surface area contributed by atoms with E-state index >= 15 is 0 Å². The normalized spacial score (nSPS) is 24.8. The van der Waals surface area contributed by atoms with Gasteiger partial charge in [0.05, 0.1) is 25.9 Å². The van der Waals surface area contributed by atoms with Crippen molar-refractivity contribution >= 4 is 11.7 Å². The van der Waals surface area contributed by atoms with Crippen LogP contribution in [0.1, 0.15) is 31.8 Å². The van der Waals surface area contributed by atoms with Crippen LogP contribution in [-0.4, -0.2) is 51.3 Å². The number of nitrogens with one attached hydrogen (secondary N) is 2. The van der Waals surface area contributed by atoms with E-state index in [9.17, 15) is 4.79 Å². The lowest BCUT2D eigenvalue weighted by atomic mass is 9.63. The van der Waals surface area contributed by atoms with Gasteiger partial charge in [0.2, 0.25) is 0 Å². The van der Waals surface area contributed by atoms with E-state index < -0.39 is 0 Å². The molecule has 0 spiro atoms. The Hall–Kier alpha value is -3.24. The van der Waals surface area contributed by atoms with E-state index in [2.05, 4.69) is 40.8 Å². The first-order valence-electron chi connectivity index (χ1n) is 11.0. The number of fused-ring (bicyclic) bond motifs is 1. The largest absolute Gasteiger partial charge is 0.493 e. The van der Waals surface area contributed by atoms with Gasteiger partial charge in [-0.15, -0.1) is 0 Å². The van der Waals surface area contributed by atoms with Crippen molar-refractivity contribution < 1.29 is 15.7 Å². The first kappa shape index (κ1) is 22.0. The van der Waals surface area contributed by atoms with Crippen molar-refractivity contribution in [3.63, 3.8) is 0 Å². The SMILES string of the molecule is COc1ccc([C@@]23CC[C@@H](NC(=O)Nc4cccc(C#N)c4)CC2CN(C)C3)cc1OC.[HH]. The van der Waals surface area contributed by atoms with Gasteiger partial charge < -0.3 is 25.0 Å². The third-order valence-electron chi connectivity index (χ3n) is 6.92. The van der Waals surface area contributed by atoms with Gasteiger partial charge in [-0.2, -0.15) is 5.26 Å². The lowest BCUT2D eigenvalue weighted by Crippen LogP contribution is -2.48. The summed E-state index contributed by atoms with van der Waals surface area (Å²) in [5.41, 5.74) is 2.47. The zero-order chi connectivity index (χ0) is 22.7. The monoisotopic (exact) mass is 436 g/mol. The molecule has 7 heteroatoms. The Morgan fingerprint density at radius 1 is 1.22 bits per heavy atom. The number of hydrogen-bond acceptors (Lipinski definition) is 5. The third kappa shape index (κ3) is 4.23. The predicted molar refractivity (Wildman–Crippen MR) is 125 cm³/mol. The van der Waals surface area contributed by atoms with Crippen LogP contribution in [-0.2, 0) is 5.41 Å². The van der Waals surface area contributed by atoms with E-state index in [1.165, 1.54) is 5.56 Å². The number of methoxy groups -OCH3 is 2. The van der Waals surface area contributed by atoms with E-state index in [4.69, 9.17) is 14.7 Å². The average Bonchev–Trinajstić information content (AvgIpc) is 3.14. The highest BCUT2D eigenvalue weighted by Crippen LogP contribution is 2.49. The van der Waals surface area contributed by atoms with Crippen molar-refractivity contribution in [2.45, 2.75) is 30.7 Å². The van der Waals surface area contributed by atoms with E-state index in [0.717, 1.165) is 43.9 Å². The summed E-state index contributed by atoms with van der Waals surface area (Å²) >= 11 is 0. The van der Waals surface area contributed by atoms with Crippen LogP contribution in [0.3, 0.4) is 0 Å². The van der Waals surface area contributed by atoms with Crippen molar-refractivity contribution in [1.29, 1.82) is 5.26 Å². The smallest absolute Gasteiger partial charge is 0.319 e. The number of amides is 2. The van der Waals surface area contributed by atoms with Gasteiger partial charge in [0.15, 0.2) is 11.5 Å². The fourth-order valence-electron chi connectivity index (χ4n) is 5.47. The molecule has 0 radical (unpaired) electrons. The van der Waals surface area contributed by atoms with E-state index in [1.54, 1.807) is 38.5 Å². The minimum absolute atomic E-state index is 0. The van der Waals surface area contributed by atoms with Crippen molar-refractivity contribution in [1.82, 2.24) is 10.2 Å². The topological polar surface area (TPSA) is 86.6 Å². The number of carbonyl (C=O) groups excluding carboxylic acids is 1. The van der Waals surface area contributed by atoms with Crippen LogP contribution in [0.5, 0.6) is 11.5 Å². The van der Waals surface area contributed by atoms with Crippen LogP contribution in [0, 0.1) is 17.2 Å². The van der Waals surface area contributed by atoms with Crippen molar-refractivity contribution in [3.8, 4) is 17.6 Å². The molecule has 1 aliphatic heterocycles. The lowest BCUT2D eigenvalue weighted by Gasteiger charge is -2.42. The number of benzene rings is 2. The molecule has 1 aliphatic carbocycles. The minimum Gasteiger partial charge on any atom is -0.493 e. The molecule has 1 unspecified atom stereocenters. The van der Waals surface area contributed by atoms with Crippen molar-refractivity contribution in [3.05, 3.63) is 53.6 Å². The van der Waals surface area contributed by atoms with Gasteiger partial charge in [-0.1, -0.05) is 12.1 Å². The number of ether oxygens (including phenoxy) is 2. The molecular formula is C25H32N4O3. The highest BCUT2D eigenvalue weighted by atomic mass is 16.5. The summed E-state index contributed by atoms with van der Waals surface area (Å²) in [5.74, 6) is 1.93. The number of carbonyl (C=O) groups is 1. The van der Waals surface area contributed by atoms with Gasteiger partial charge >= 0.3 is 6.03 Å². The van der Waals surface area contributed by atoms with Crippen molar-refractivity contribution in [2.24, 2.45) is 5.92 Å². The second kappa shape index (κ2) is 9.09. The standard InChI is InChI=1S/C25H30N4O3.H2/c1-29-15-19-12-21(28-24(30)27-20-6-4-5-17(11-20)14-26)9-10-25(19,16-29)18-7-8-22(31-2)23(13-18)32-3;/h4-8,11,13,19,21H,9-10,12,15-16H2,1-3H3,(H2,27,28,30);1H/t19?,21-,25+;/m1./s1. The first-order valence-corrected chi connectivity index (χ1v) is 11.0. The fraction of sp³-hybridized carbons (Fsp3) is 0.440. The predicted octanol–water partition coefficient (Wildman–Crippen LogP) is 4.00. The molecule has 32 heavy (non-hydrogen) atoms. The maximum absolute atomic E-state index is 12.6. The van der Waals surface area contributed by atoms with Gasteiger partial charge in [-0.05, 0) is 68.1 Å². The first-order chi connectivity index (χ1) is 15.5. The van der Waals surface area contributed by atoms with Crippen LogP contribution in [0.25, 0.3) is 0 Å². The number of hydrogen-bond donors (Lipinski definition) is 2. The zero-order valence-electron chi connectivity index (χ0n) is 18.9. The Bertz CT molecular complexity index is 1040. The fourth-order valence-corrected chi connectivity index (χ4v) is 5.47. The minimum atomic E-state index is -0.227. The highest BCUT2D eigenvalue weighted by molar-refractivity contribution is 5.89. The summed E-state index contributed by atoms with van der Waals surface area (Å²) in [5, 5.41) is 15.1. The molecule has 2 amide bonds. The summed E-state index contributed by atoms with van der Waals surface area (Å²) in [7, 11) is 5.49. The average molecular weight is 437 g/mol. The van der Waals surface area contributed by atoms with Crippen LogP contribution in [0.15, 0.2) is 42.5 Å². The van der Waals surface area contributed by atoms with Gasteiger partial charge in [-0.3, -0.25) is 0 Å². The molecule has 1 saturated carbocycles. The lowest BCUT2D eigenvalue weighted by molar-refractivity contribution is 0.197. The Morgan fingerprint density at radius 3 is 2.78 bits per heavy atom. The molecule has 2 fully saturated rings. The van der Waals surface area contributed by atoms with E-state index in [1.807, 2.05) is 6.07 Å². The summed E-state index contributed by atoms with van der Waals surface area (Å²) < 4.78 is 11.0. The molecule has 1 heterocycles. The molecular weight excluding hydrogens is 404 g/mol. The van der Waals surface area contributed by atoms with Crippen LogP contribution in [0.4, 0.5) is 10.5 Å². The summed E-state index contributed by atoms with van der Waals surface area (Å²) in [6, 6.07) is 15.2. The van der Waals surface area contributed by atoms with E-state index in [-0.39, 0.29) is 18.9 Å². The number of nitriles is 1. The molecule has 0 aromatic heterocycles. The summed E-state index contributed by atoms with van der Waals surface area (Å²) in [4.78, 5) is 15.0. The van der Waals surface area contributed by atoms with Crippen LogP contribution < -0.4 is 20.1 Å². The molecule has 2 N–H and O–H groups in total. The highest BCUT2D eigenvalue weighted by Gasteiger charge is 2.50. The Morgan fingerprint density at radius 2 is 2.03 bits per heavy atom. The summed E-state index contributed by atoms with van der Waals surface area (Å²) in [6.45, 7) is 1.99. The number of nitrogens with zero attached hydrogens (tertiary/aromatic N) is 2. The molecule has 2 aliphatic rings. The zero-order valence-corrected chi connectivity index (χ0v) is 18.9. The number of likely N-dealkylation sites (tertiary alicyclic amines) is 1. The van der Waals surface area contributed by atoms with Crippen LogP contribution in [0.2, 0.25) is 0 Å². The molecule has 2 aromatic rings. The van der Waals surface area contributed by atoms with Crippen LogP contribution >= 0.6 is 0 Å². The van der Waals surface area contributed by atoms with Gasteiger partial charge in [0.25, 0.3) is 0 Å². The number of urea groups is 1. The quantitative estimate of drug-likeness (QED) is 0.740. The van der Waals surface area contributed by atoms with Gasteiger partial charge in [0, 0.05) is 31.7 Å². The van der Waals surface area contributed by atoms with Gasteiger partial charge in [0.1, 0.15) is 0 Å². The van der Waals surface area contributed by atoms with Gasteiger partial charge in [-0.25, -0.2) is 4.79 Å². The molecule has 7 nitrogen and oxygen atoms in total. The second-order valence-electron chi connectivity index (χ2n) is 8.88. The number of rotatable bonds is 5. The Kier molecular flexibility index (Phi) is 6.24. The molecule has 4 rings (SSSR count). The third-order valence-corrected chi connectivity index (χ3v) is 6.92. The number of likely N-dealkylation sites (N-methyl/N-ethyl adjacent to an activating group) is 1. The molecule has 1 saturated heterocycles. The van der Waals surface area contributed by atoms with Crippen molar-refractivity contribution in [2.75, 3.05) is 39.7 Å². The molecule has 170 valence electrons. The second-order valence-corrected chi connectivity index (χ2v) is 8.88. The number of anilines is 1.